The van der Waals surface area contributed by atoms with Crippen molar-refractivity contribution < 1.29 is 18.9 Å². The van der Waals surface area contributed by atoms with Gasteiger partial charge in [-0.3, -0.25) is 9.59 Å². The fraction of sp³-hybridized carbons (Fsp3) is 0.636. The second-order valence-electron chi connectivity index (χ2n) is 4.53. The van der Waals surface area contributed by atoms with Crippen LogP contribution in [0.25, 0.3) is 0 Å². The van der Waals surface area contributed by atoms with Gasteiger partial charge < -0.3 is 19.1 Å². The van der Waals surface area contributed by atoms with Crippen LogP contribution in [0.1, 0.15) is 0 Å². The van der Waals surface area contributed by atoms with Crippen LogP contribution in [-0.4, -0.2) is 69.1 Å². The zero-order valence-electron chi connectivity index (χ0n) is 11.3. The third-order valence-electron chi connectivity index (χ3n) is 2.60. The highest BCUT2D eigenvalue weighted by Crippen LogP contribution is 2.22. The minimum Gasteiger partial charge on any atom is -0.396 e. The molecule has 2 amide bonds. The lowest BCUT2D eigenvalue weighted by Crippen LogP contribution is -2.47. The van der Waals surface area contributed by atoms with Crippen LogP contribution in [0.3, 0.4) is 0 Å². The summed E-state index contributed by atoms with van der Waals surface area (Å²) in [7, 11) is 5.87. The molecule has 1 rings (SSSR count). The summed E-state index contributed by atoms with van der Waals surface area (Å²) in [5.74, 6) is -0.552. The third-order valence-corrected chi connectivity index (χ3v) is 2.60. The highest BCUT2D eigenvalue weighted by molar-refractivity contribution is 6.46. The Kier molecular flexibility index (Phi) is 4.92. The monoisotopic (exact) mass is 254 g/mol. The molecular weight excluding hydrogens is 235 g/mol. The topological polar surface area (TPSA) is 59.1 Å². The molecule has 0 aliphatic carbocycles. The maximum absolute atomic E-state index is 12.0. The molecule has 2 unspecified atom stereocenters. The van der Waals surface area contributed by atoms with Crippen molar-refractivity contribution in [1.82, 2.24) is 9.80 Å². The molecule has 18 heavy (non-hydrogen) atoms. The molecule has 0 aromatic rings. The van der Waals surface area contributed by atoms with Gasteiger partial charge in [0.15, 0.2) is 12.2 Å². The average molecular weight is 254 g/mol. The molecule has 1 saturated heterocycles. The van der Waals surface area contributed by atoms with Crippen molar-refractivity contribution in [2.75, 3.05) is 28.2 Å². The van der Waals surface area contributed by atoms with Gasteiger partial charge >= 0.3 is 7.12 Å². The summed E-state index contributed by atoms with van der Waals surface area (Å²) in [6, 6.07) is 0. The number of nitrogens with zero attached hydrogens (tertiary/aromatic N) is 2. The SMILES string of the molecule is C=CCB1OC(C(=O)N(C)C)C(C(=O)N(C)C)O1. The van der Waals surface area contributed by atoms with Gasteiger partial charge in [-0.15, -0.1) is 6.58 Å². The fourth-order valence-electron chi connectivity index (χ4n) is 1.63. The van der Waals surface area contributed by atoms with E-state index in [2.05, 4.69) is 6.58 Å². The number of amides is 2. The van der Waals surface area contributed by atoms with Crippen molar-refractivity contribution in [1.29, 1.82) is 0 Å². The number of hydrogen-bond acceptors (Lipinski definition) is 4. The average Bonchev–Trinajstić information content (AvgIpc) is 2.71. The summed E-state index contributed by atoms with van der Waals surface area (Å²) < 4.78 is 11.0. The second-order valence-corrected chi connectivity index (χ2v) is 4.53. The van der Waals surface area contributed by atoms with Gasteiger partial charge in [0.25, 0.3) is 11.8 Å². The molecule has 7 heteroatoms. The summed E-state index contributed by atoms with van der Waals surface area (Å²) in [6.45, 7) is 3.58. The Morgan fingerprint density at radius 3 is 1.78 bits per heavy atom. The molecule has 1 fully saturated rings. The van der Waals surface area contributed by atoms with Gasteiger partial charge in [-0.25, -0.2) is 0 Å². The maximum atomic E-state index is 12.0. The lowest BCUT2D eigenvalue weighted by molar-refractivity contribution is -0.146. The minimum atomic E-state index is -0.889. The summed E-state index contributed by atoms with van der Waals surface area (Å²) in [4.78, 5) is 26.7. The number of carbonyl (C=O) groups is 2. The molecule has 100 valence electrons. The summed E-state index contributed by atoms with van der Waals surface area (Å²) in [5, 5.41) is 0. The summed E-state index contributed by atoms with van der Waals surface area (Å²) >= 11 is 0. The van der Waals surface area contributed by atoms with Crippen LogP contribution >= 0.6 is 0 Å². The summed E-state index contributed by atoms with van der Waals surface area (Å²) in [6.07, 6.45) is 0.290. The number of likely N-dealkylation sites (N-methyl/N-ethyl adjacent to an activating group) is 2. The molecule has 1 heterocycles. The lowest BCUT2D eigenvalue weighted by atomic mass is 9.85. The maximum Gasteiger partial charge on any atom is 0.462 e. The molecule has 0 N–H and O–H groups in total. The molecule has 0 bridgehead atoms. The first kappa shape index (κ1) is 14.7. The number of carbonyl (C=O) groups excluding carboxylic acids is 2. The zero-order chi connectivity index (χ0) is 13.9. The minimum absolute atomic E-state index is 0.276. The Bertz CT molecular complexity index is 318. The first-order valence-electron chi connectivity index (χ1n) is 5.72. The number of allylic oxidation sites excluding steroid dienone is 1. The Morgan fingerprint density at radius 1 is 1.11 bits per heavy atom. The molecule has 2 atom stereocenters. The van der Waals surface area contributed by atoms with Crippen molar-refractivity contribution >= 4 is 18.9 Å². The number of hydrogen-bond donors (Lipinski definition) is 0. The van der Waals surface area contributed by atoms with E-state index < -0.39 is 19.3 Å². The van der Waals surface area contributed by atoms with Gasteiger partial charge in [-0.1, -0.05) is 6.08 Å². The van der Waals surface area contributed by atoms with Crippen molar-refractivity contribution in [2.45, 2.75) is 18.5 Å². The first-order valence-corrected chi connectivity index (χ1v) is 5.72. The predicted molar refractivity (Wildman–Crippen MR) is 67.9 cm³/mol. The number of rotatable bonds is 4. The summed E-state index contributed by atoms with van der Waals surface area (Å²) in [5.41, 5.74) is 0. The van der Waals surface area contributed by atoms with Gasteiger partial charge in [-0.05, 0) is 0 Å². The standard InChI is InChI=1S/C11H19BN2O4/c1-6-7-12-17-8(10(15)13(2)3)9(18-12)11(16)14(4)5/h6,8-9H,1,7H2,2-5H3. The van der Waals surface area contributed by atoms with E-state index in [1.54, 1.807) is 34.3 Å². The van der Waals surface area contributed by atoms with Gasteiger partial charge in [0, 0.05) is 34.5 Å². The quantitative estimate of drug-likeness (QED) is 0.507. The van der Waals surface area contributed by atoms with E-state index in [1.807, 2.05) is 0 Å². The molecule has 1 aliphatic heterocycles. The Hall–Kier alpha value is -1.34. The van der Waals surface area contributed by atoms with Crippen LogP contribution < -0.4 is 0 Å². The van der Waals surface area contributed by atoms with Crippen LogP contribution in [0.2, 0.25) is 6.32 Å². The molecule has 1 aliphatic rings. The van der Waals surface area contributed by atoms with Gasteiger partial charge in [0.1, 0.15) is 0 Å². The smallest absolute Gasteiger partial charge is 0.396 e. The van der Waals surface area contributed by atoms with E-state index in [9.17, 15) is 9.59 Å². The highest BCUT2D eigenvalue weighted by atomic mass is 16.7. The fourth-order valence-corrected chi connectivity index (χ4v) is 1.63. The molecule has 0 spiro atoms. The zero-order valence-corrected chi connectivity index (χ0v) is 11.3. The van der Waals surface area contributed by atoms with Crippen LogP contribution in [0.4, 0.5) is 0 Å². The molecule has 6 nitrogen and oxygen atoms in total. The van der Waals surface area contributed by atoms with E-state index in [-0.39, 0.29) is 11.8 Å². The lowest BCUT2D eigenvalue weighted by Gasteiger charge is -2.22. The van der Waals surface area contributed by atoms with E-state index in [0.29, 0.717) is 6.32 Å². The Labute approximate surface area is 108 Å². The van der Waals surface area contributed by atoms with Crippen LogP contribution in [-0.2, 0) is 18.9 Å². The third kappa shape index (κ3) is 3.11. The molecule has 0 radical (unpaired) electrons. The van der Waals surface area contributed by atoms with Crippen molar-refractivity contribution in [2.24, 2.45) is 0 Å². The van der Waals surface area contributed by atoms with E-state index in [0.717, 1.165) is 0 Å². The Balaban J connectivity index is 2.86. The largest absolute Gasteiger partial charge is 0.462 e. The van der Waals surface area contributed by atoms with Crippen LogP contribution in [0, 0.1) is 0 Å². The second kappa shape index (κ2) is 6.02. The molecule has 0 saturated carbocycles. The van der Waals surface area contributed by atoms with Gasteiger partial charge in [0.05, 0.1) is 0 Å². The van der Waals surface area contributed by atoms with Gasteiger partial charge in [-0.2, -0.15) is 0 Å². The van der Waals surface area contributed by atoms with Crippen LogP contribution in [0.15, 0.2) is 12.7 Å². The van der Waals surface area contributed by atoms with E-state index in [4.69, 9.17) is 9.31 Å². The van der Waals surface area contributed by atoms with Crippen molar-refractivity contribution in [3.05, 3.63) is 12.7 Å². The highest BCUT2D eigenvalue weighted by Gasteiger charge is 2.47. The van der Waals surface area contributed by atoms with E-state index >= 15 is 0 Å². The first-order chi connectivity index (χ1) is 8.38. The molecule has 0 aromatic heterocycles. The predicted octanol–water partition coefficient (Wildman–Crippen LogP) is -0.379. The normalized spacial score (nSPS) is 22.8. The molecule has 0 aromatic carbocycles. The van der Waals surface area contributed by atoms with Crippen LogP contribution in [0.5, 0.6) is 0 Å². The van der Waals surface area contributed by atoms with E-state index in [1.165, 1.54) is 9.80 Å². The van der Waals surface area contributed by atoms with Crippen molar-refractivity contribution in [3.63, 3.8) is 0 Å². The van der Waals surface area contributed by atoms with Gasteiger partial charge in [0.2, 0.25) is 0 Å². The Morgan fingerprint density at radius 2 is 1.50 bits per heavy atom. The molecular formula is C11H19BN2O4. The van der Waals surface area contributed by atoms with Crippen molar-refractivity contribution in [3.8, 4) is 0 Å².